The van der Waals surface area contributed by atoms with Crippen molar-refractivity contribution in [2.75, 3.05) is 7.11 Å². The molecule has 1 atom stereocenters. The van der Waals surface area contributed by atoms with E-state index in [0.717, 1.165) is 0 Å². The summed E-state index contributed by atoms with van der Waals surface area (Å²) in [6.07, 6.45) is 0. The number of aliphatic carboxylic acids is 1. The number of rotatable bonds is 6. The fourth-order valence-corrected chi connectivity index (χ4v) is 3.46. The second-order valence-corrected chi connectivity index (χ2v) is 6.84. The van der Waals surface area contributed by atoms with Crippen LogP contribution in [0.4, 0.5) is 0 Å². The standard InChI is InChI=1S/C14H19NO6S/c1-8(2)12(13(16)17)15-22(19,20)11-6-5-10(7-9(11)3)14(18)21-4/h5-8,12,15H,1-4H3,(H,16,17)/t12-/m1/s1. The summed E-state index contributed by atoms with van der Waals surface area (Å²) in [6.45, 7) is 4.73. The minimum absolute atomic E-state index is 0.0768. The molecule has 0 amide bonds. The summed E-state index contributed by atoms with van der Waals surface area (Å²) in [5, 5.41) is 9.08. The van der Waals surface area contributed by atoms with Gasteiger partial charge in [0.1, 0.15) is 6.04 Å². The molecule has 0 radical (unpaired) electrons. The van der Waals surface area contributed by atoms with E-state index in [2.05, 4.69) is 9.46 Å². The Bertz CT molecular complexity index is 681. The molecule has 8 heteroatoms. The van der Waals surface area contributed by atoms with E-state index < -0.39 is 33.9 Å². The van der Waals surface area contributed by atoms with E-state index in [0.29, 0.717) is 5.56 Å². The topological polar surface area (TPSA) is 110 Å². The number of methoxy groups -OCH3 is 1. The number of carbonyl (C=O) groups is 2. The zero-order valence-corrected chi connectivity index (χ0v) is 13.6. The van der Waals surface area contributed by atoms with Crippen molar-refractivity contribution in [3.63, 3.8) is 0 Å². The van der Waals surface area contributed by atoms with Crippen molar-refractivity contribution in [3.05, 3.63) is 29.3 Å². The fourth-order valence-electron chi connectivity index (χ4n) is 1.90. The second-order valence-electron chi connectivity index (χ2n) is 5.15. The van der Waals surface area contributed by atoms with Gasteiger partial charge >= 0.3 is 11.9 Å². The van der Waals surface area contributed by atoms with Crippen molar-refractivity contribution in [1.82, 2.24) is 4.72 Å². The van der Waals surface area contributed by atoms with E-state index in [1.807, 2.05) is 0 Å². The highest BCUT2D eigenvalue weighted by Crippen LogP contribution is 2.18. The molecule has 0 heterocycles. The predicted molar refractivity (Wildman–Crippen MR) is 79.1 cm³/mol. The summed E-state index contributed by atoms with van der Waals surface area (Å²) in [5.41, 5.74) is 0.542. The number of hydrogen-bond acceptors (Lipinski definition) is 5. The quantitative estimate of drug-likeness (QED) is 0.758. The Balaban J connectivity index is 3.18. The molecule has 0 aromatic heterocycles. The Labute approximate surface area is 129 Å². The summed E-state index contributed by atoms with van der Waals surface area (Å²) < 4.78 is 31.4. The third kappa shape index (κ3) is 4.05. The second kappa shape index (κ2) is 6.89. The first-order valence-electron chi connectivity index (χ1n) is 6.54. The maximum Gasteiger partial charge on any atom is 0.337 e. The molecule has 1 aromatic carbocycles. The van der Waals surface area contributed by atoms with Gasteiger partial charge in [0.05, 0.1) is 17.6 Å². The average molecular weight is 329 g/mol. The first kappa shape index (κ1) is 18.1. The van der Waals surface area contributed by atoms with Crippen LogP contribution >= 0.6 is 0 Å². The molecule has 122 valence electrons. The van der Waals surface area contributed by atoms with Crippen molar-refractivity contribution >= 4 is 22.0 Å². The first-order chi connectivity index (χ1) is 10.1. The molecule has 0 saturated carbocycles. The van der Waals surface area contributed by atoms with Gasteiger partial charge in [0.25, 0.3) is 0 Å². The normalized spacial score (nSPS) is 13.0. The smallest absolute Gasteiger partial charge is 0.337 e. The van der Waals surface area contributed by atoms with Crippen molar-refractivity contribution in [2.24, 2.45) is 5.92 Å². The highest BCUT2D eigenvalue weighted by Gasteiger charge is 2.29. The maximum absolute atomic E-state index is 12.3. The summed E-state index contributed by atoms with van der Waals surface area (Å²) in [4.78, 5) is 22.5. The molecule has 0 aliphatic rings. The lowest BCUT2D eigenvalue weighted by molar-refractivity contribution is -0.140. The van der Waals surface area contributed by atoms with Gasteiger partial charge in [-0.15, -0.1) is 0 Å². The van der Waals surface area contributed by atoms with Gasteiger partial charge in [-0.2, -0.15) is 4.72 Å². The summed E-state index contributed by atoms with van der Waals surface area (Å²) in [6, 6.07) is 2.72. The van der Waals surface area contributed by atoms with Crippen molar-refractivity contribution in [1.29, 1.82) is 0 Å². The van der Waals surface area contributed by atoms with Crippen LogP contribution in [0.5, 0.6) is 0 Å². The molecule has 2 N–H and O–H groups in total. The maximum atomic E-state index is 12.3. The Kier molecular flexibility index (Phi) is 5.67. The number of aryl methyl sites for hydroxylation is 1. The first-order valence-corrected chi connectivity index (χ1v) is 8.02. The number of hydrogen-bond donors (Lipinski definition) is 2. The van der Waals surface area contributed by atoms with Crippen molar-refractivity contribution < 1.29 is 27.9 Å². The van der Waals surface area contributed by atoms with E-state index in [4.69, 9.17) is 5.11 Å². The lowest BCUT2D eigenvalue weighted by atomic mass is 10.1. The van der Waals surface area contributed by atoms with Crippen molar-refractivity contribution in [3.8, 4) is 0 Å². The van der Waals surface area contributed by atoms with Crippen LogP contribution in [0, 0.1) is 12.8 Å². The molecule has 0 saturated heterocycles. The van der Waals surface area contributed by atoms with Gasteiger partial charge in [0, 0.05) is 0 Å². The van der Waals surface area contributed by atoms with Crippen LogP contribution in [-0.4, -0.2) is 38.6 Å². The fraction of sp³-hybridized carbons (Fsp3) is 0.429. The van der Waals surface area contributed by atoms with Gasteiger partial charge in [-0.3, -0.25) is 4.79 Å². The lowest BCUT2D eigenvalue weighted by Gasteiger charge is -2.19. The molecule has 0 aliphatic carbocycles. The van der Waals surface area contributed by atoms with Crippen LogP contribution in [0.2, 0.25) is 0 Å². The number of sulfonamides is 1. The van der Waals surface area contributed by atoms with E-state index in [-0.39, 0.29) is 10.5 Å². The Morgan fingerprint density at radius 1 is 1.27 bits per heavy atom. The van der Waals surface area contributed by atoms with Crippen LogP contribution in [0.1, 0.15) is 29.8 Å². The number of nitrogens with one attached hydrogen (secondary N) is 1. The van der Waals surface area contributed by atoms with E-state index in [1.54, 1.807) is 13.8 Å². The number of carboxylic acid groups (broad SMARTS) is 1. The molecule has 7 nitrogen and oxygen atoms in total. The van der Waals surface area contributed by atoms with Gasteiger partial charge in [-0.05, 0) is 36.6 Å². The summed E-state index contributed by atoms with van der Waals surface area (Å²) in [7, 11) is -2.79. The van der Waals surface area contributed by atoms with E-state index in [1.165, 1.54) is 32.2 Å². The molecule has 0 aliphatic heterocycles. The van der Waals surface area contributed by atoms with Gasteiger partial charge in [0.2, 0.25) is 10.0 Å². The monoisotopic (exact) mass is 329 g/mol. The molecular formula is C14H19NO6S. The zero-order chi connectivity index (χ0) is 17.1. The van der Waals surface area contributed by atoms with Gasteiger partial charge in [0.15, 0.2) is 0 Å². The molecule has 22 heavy (non-hydrogen) atoms. The highest BCUT2D eigenvalue weighted by molar-refractivity contribution is 7.89. The zero-order valence-electron chi connectivity index (χ0n) is 12.8. The predicted octanol–water partition coefficient (Wildman–Crippen LogP) is 1.17. The number of carbonyl (C=O) groups excluding carboxylic acids is 1. The van der Waals surface area contributed by atoms with E-state index in [9.17, 15) is 18.0 Å². The Hall–Kier alpha value is -1.93. The molecule has 0 spiro atoms. The van der Waals surface area contributed by atoms with Crippen LogP contribution in [0.3, 0.4) is 0 Å². The van der Waals surface area contributed by atoms with Crippen LogP contribution in [0.25, 0.3) is 0 Å². The molecule has 1 aromatic rings. The van der Waals surface area contributed by atoms with Crippen molar-refractivity contribution in [2.45, 2.75) is 31.7 Å². The number of esters is 1. The minimum atomic E-state index is -4.01. The van der Waals surface area contributed by atoms with Gasteiger partial charge < -0.3 is 9.84 Å². The number of benzene rings is 1. The Morgan fingerprint density at radius 3 is 2.27 bits per heavy atom. The minimum Gasteiger partial charge on any atom is -0.480 e. The molecular weight excluding hydrogens is 310 g/mol. The van der Waals surface area contributed by atoms with Crippen LogP contribution < -0.4 is 4.72 Å². The van der Waals surface area contributed by atoms with Crippen LogP contribution in [0.15, 0.2) is 23.1 Å². The SMILES string of the molecule is COC(=O)c1ccc(S(=O)(=O)N[C@@H](C(=O)O)C(C)C)c(C)c1. The lowest BCUT2D eigenvalue weighted by Crippen LogP contribution is -2.44. The number of ether oxygens (including phenoxy) is 1. The third-order valence-electron chi connectivity index (χ3n) is 3.10. The largest absolute Gasteiger partial charge is 0.480 e. The molecule has 0 unspecified atom stereocenters. The summed E-state index contributed by atoms with van der Waals surface area (Å²) in [5.74, 6) is -2.24. The van der Waals surface area contributed by atoms with Gasteiger partial charge in [-0.1, -0.05) is 13.8 Å². The molecule has 0 bridgehead atoms. The third-order valence-corrected chi connectivity index (χ3v) is 4.70. The van der Waals surface area contributed by atoms with Gasteiger partial charge in [-0.25, -0.2) is 13.2 Å². The molecule has 1 rings (SSSR count). The molecule has 0 fully saturated rings. The number of carboxylic acids is 1. The highest BCUT2D eigenvalue weighted by atomic mass is 32.2. The average Bonchev–Trinajstić information content (AvgIpc) is 2.42. The Morgan fingerprint density at radius 2 is 1.86 bits per heavy atom. The summed E-state index contributed by atoms with van der Waals surface area (Å²) >= 11 is 0. The van der Waals surface area contributed by atoms with Crippen LogP contribution in [-0.2, 0) is 19.6 Å². The van der Waals surface area contributed by atoms with E-state index >= 15 is 0 Å².